The molecular formula is C14H13BrF3NS. The Morgan fingerprint density at radius 2 is 1.80 bits per heavy atom. The zero-order chi connectivity index (χ0) is 14.9. The van der Waals surface area contributed by atoms with E-state index in [2.05, 4.69) is 21.2 Å². The van der Waals surface area contributed by atoms with Gasteiger partial charge in [-0.05, 0) is 35.5 Å². The molecular weight excluding hydrogens is 351 g/mol. The van der Waals surface area contributed by atoms with E-state index in [-0.39, 0.29) is 5.56 Å². The van der Waals surface area contributed by atoms with Crippen molar-refractivity contribution in [2.45, 2.75) is 19.9 Å². The molecule has 1 unspecified atom stereocenters. The topological polar surface area (TPSA) is 12.0 Å². The van der Waals surface area contributed by atoms with Gasteiger partial charge in [0.2, 0.25) is 0 Å². The number of thiophene rings is 1. The van der Waals surface area contributed by atoms with Gasteiger partial charge in [-0.25, -0.2) is 13.2 Å². The molecule has 0 spiro atoms. The van der Waals surface area contributed by atoms with Crippen molar-refractivity contribution in [3.8, 4) is 0 Å². The Labute approximate surface area is 128 Å². The second kappa shape index (κ2) is 6.28. The molecule has 0 amide bonds. The Hall–Kier alpha value is -0.850. The lowest BCUT2D eigenvalue weighted by atomic mass is 10.0. The van der Waals surface area contributed by atoms with Gasteiger partial charge in [0.15, 0.2) is 0 Å². The second-order valence-electron chi connectivity index (χ2n) is 4.34. The number of rotatable bonds is 4. The smallest absolute Gasteiger partial charge is 0.134 e. The molecule has 6 heteroatoms. The highest BCUT2D eigenvalue weighted by Gasteiger charge is 2.25. The highest BCUT2D eigenvalue weighted by molar-refractivity contribution is 9.10. The highest BCUT2D eigenvalue weighted by Crippen LogP contribution is 2.37. The zero-order valence-electron chi connectivity index (χ0n) is 10.9. The molecule has 0 aliphatic rings. The molecule has 1 aromatic carbocycles. The second-order valence-corrected chi connectivity index (χ2v) is 6.49. The fraction of sp³-hybridized carbons (Fsp3) is 0.286. The van der Waals surface area contributed by atoms with E-state index in [0.29, 0.717) is 18.7 Å². The van der Waals surface area contributed by atoms with E-state index in [0.717, 1.165) is 14.2 Å². The molecule has 1 aromatic heterocycles. The number of aryl methyl sites for hydroxylation is 1. The van der Waals surface area contributed by atoms with Crippen molar-refractivity contribution in [1.29, 1.82) is 0 Å². The van der Waals surface area contributed by atoms with Gasteiger partial charge in [0.1, 0.15) is 17.5 Å². The van der Waals surface area contributed by atoms with Crippen molar-refractivity contribution in [3.05, 3.63) is 55.4 Å². The Bertz CT molecular complexity index is 604. The summed E-state index contributed by atoms with van der Waals surface area (Å²) in [6.45, 7) is 4.30. The molecule has 0 aliphatic carbocycles. The van der Waals surface area contributed by atoms with Crippen LogP contribution in [0.25, 0.3) is 0 Å². The monoisotopic (exact) mass is 363 g/mol. The van der Waals surface area contributed by atoms with Crippen molar-refractivity contribution in [3.63, 3.8) is 0 Å². The van der Waals surface area contributed by atoms with Gasteiger partial charge >= 0.3 is 0 Å². The first-order valence-corrected chi connectivity index (χ1v) is 7.68. The van der Waals surface area contributed by atoms with Gasteiger partial charge in [-0.2, -0.15) is 0 Å². The summed E-state index contributed by atoms with van der Waals surface area (Å²) in [5.74, 6) is -2.68. The van der Waals surface area contributed by atoms with Crippen molar-refractivity contribution in [2.24, 2.45) is 0 Å². The third kappa shape index (κ3) is 3.07. The van der Waals surface area contributed by atoms with Crippen LogP contribution < -0.4 is 5.32 Å². The lowest BCUT2D eigenvalue weighted by molar-refractivity contribution is 0.494. The standard InChI is InChI=1S/C14H13BrF3NS/c1-3-19-13(14-9(15)4-7(2)20-14)12-10(17)5-8(16)6-11(12)18/h4-6,13,19H,3H2,1-2H3. The normalized spacial score (nSPS) is 12.7. The Balaban J connectivity index is 2.57. The van der Waals surface area contributed by atoms with E-state index in [1.165, 1.54) is 11.3 Å². The molecule has 20 heavy (non-hydrogen) atoms. The molecule has 2 rings (SSSR count). The van der Waals surface area contributed by atoms with E-state index in [4.69, 9.17) is 0 Å². The average molecular weight is 364 g/mol. The summed E-state index contributed by atoms with van der Waals surface area (Å²) in [5.41, 5.74) is -0.157. The summed E-state index contributed by atoms with van der Waals surface area (Å²) in [5, 5.41) is 3.05. The Kier molecular flexibility index (Phi) is 4.88. The summed E-state index contributed by atoms with van der Waals surface area (Å²) in [7, 11) is 0. The third-order valence-electron chi connectivity index (χ3n) is 2.84. The van der Waals surface area contributed by atoms with Crippen molar-refractivity contribution in [2.75, 3.05) is 6.54 Å². The summed E-state index contributed by atoms with van der Waals surface area (Å²) in [4.78, 5) is 1.80. The molecule has 1 nitrogen and oxygen atoms in total. The van der Waals surface area contributed by atoms with Gasteiger partial charge in [-0.15, -0.1) is 11.3 Å². The lowest BCUT2D eigenvalue weighted by Crippen LogP contribution is -2.23. The van der Waals surface area contributed by atoms with Crippen LogP contribution in [0.2, 0.25) is 0 Å². The van der Waals surface area contributed by atoms with Gasteiger partial charge in [-0.1, -0.05) is 6.92 Å². The zero-order valence-corrected chi connectivity index (χ0v) is 13.3. The van der Waals surface area contributed by atoms with Gasteiger partial charge in [0, 0.05) is 31.9 Å². The minimum Gasteiger partial charge on any atom is -0.306 e. The summed E-state index contributed by atoms with van der Waals surface area (Å²) in [6.07, 6.45) is 0. The van der Waals surface area contributed by atoms with E-state index in [1.807, 2.05) is 19.9 Å². The quantitative estimate of drug-likeness (QED) is 0.811. The van der Waals surface area contributed by atoms with Crippen LogP contribution in [0.3, 0.4) is 0 Å². The van der Waals surface area contributed by atoms with E-state index in [9.17, 15) is 13.2 Å². The number of nitrogens with one attached hydrogen (secondary N) is 1. The van der Waals surface area contributed by atoms with E-state index >= 15 is 0 Å². The Morgan fingerprint density at radius 1 is 1.20 bits per heavy atom. The first-order chi connectivity index (χ1) is 9.43. The summed E-state index contributed by atoms with van der Waals surface area (Å²) >= 11 is 4.84. The first-order valence-electron chi connectivity index (χ1n) is 6.07. The summed E-state index contributed by atoms with van der Waals surface area (Å²) in [6, 6.07) is 2.66. The van der Waals surface area contributed by atoms with Gasteiger partial charge in [-0.3, -0.25) is 0 Å². The number of hydrogen-bond donors (Lipinski definition) is 1. The Morgan fingerprint density at radius 3 is 2.25 bits per heavy atom. The molecule has 1 atom stereocenters. The van der Waals surface area contributed by atoms with Gasteiger partial charge in [0.05, 0.1) is 6.04 Å². The molecule has 0 fully saturated rings. The van der Waals surface area contributed by atoms with Crippen LogP contribution in [-0.2, 0) is 0 Å². The fourth-order valence-corrected chi connectivity index (χ4v) is 4.02. The van der Waals surface area contributed by atoms with Gasteiger partial charge < -0.3 is 5.32 Å². The van der Waals surface area contributed by atoms with Gasteiger partial charge in [0.25, 0.3) is 0 Å². The maximum atomic E-state index is 14.0. The molecule has 1 heterocycles. The number of halogens is 4. The molecule has 0 saturated carbocycles. The summed E-state index contributed by atoms with van der Waals surface area (Å²) < 4.78 is 41.8. The van der Waals surface area contributed by atoms with Crippen LogP contribution in [0.15, 0.2) is 22.7 Å². The van der Waals surface area contributed by atoms with Crippen LogP contribution in [0.5, 0.6) is 0 Å². The number of benzene rings is 1. The third-order valence-corrected chi connectivity index (χ3v) is 4.87. The molecule has 0 saturated heterocycles. The maximum absolute atomic E-state index is 14.0. The van der Waals surface area contributed by atoms with Crippen LogP contribution in [0, 0.1) is 24.4 Å². The lowest BCUT2D eigenvalue weighted by Gasteiger charge is -2.19. The van der Waals surface area contributed by atoms with Crippen molar-refractivity contribution < 1.29 is 13.2 Å². The van der Waals surface area contributed by atoms with E-state index in [1.54, 1.807) is 0 Å². The minimum atomic E-state index is -0.916. The largest absolute Gasteiger partial charge is 0.306 e. The molecule has 0 radical (unpaired) electrons. The van der Waals surface area contributed by atoms with Crippen LogP contribution in [0.4, 0.5) is 13.2 Å². The van der Waals surface area contributed by atoms with Crippen molar-refractivity contribution in [1.82, 2.24) is 5.32 Å². The van der Waals surface area contributed by atoms with Crippen LogP contribution in [0.1, 0.15) is 28.3 Å². The predicted octanol–water partition coefficient (Wildman–Crippen LogP) is 4.94. The van der Waals surface area contributed by atoms with E-state index < -0.39 is 23.5 Å². The highest BCUT2D eigenvalue weighted by atomic mass is 79.9. The van der Waals surface area contributed by atoms with Crippen LogP contribution in [-0.4, -0.2) is 6.54 Å². The minimum absolute atomic E-state index is 0.157. The van der Waals surface area contributed by atoms with Crippen LogP contribution >= 0.6 is 27.3 Å². The molecule has 108 valence electrons. The maximum Gasteiger partial charge on any atom is 0.134 e. The average Bonchev–Trinajstić information content (AvgIpc) is 2.66. The van der Waals surface area contributed by atoms with Crippen molar-refractivity contribution >= 4 is 27.3 Å². The molecule has 2 aromatic rings. The first kappa shape index (κ1) is 15.5. The molecule has 0 aliphatic heterocycles. The fourth-order valence-electron chi connectivity index (χ4n) is 2.06. The predicted molar refractivity (Wildman–Crippen MR) is 78.6 cm³/mol. The number of hydrogen-bond acceptors (Lipinski definition) is 2. The SMILES string of the molecule is CCNC(c1sc(C)cc1Br)c1c(F)cc(F)cc1F. The molecule has 0 bridgehead atoms. The molecule has 1 N–H and O–H groups in total.